The van der Waals surface area contributed by atoms with Gasteiger partial charge in [-0.2, -0.15) is 0 Å². The number of thioether (sulfide) groups is 1. The molecule has 1 aliphatic heterocycles. The van der Waals surface area contributed by atoms with Crippen LogP contribution in [0.1, 0.15) is 59.3 Å². The number of unbranched alkanes of at least 4 members (excludes halogenated alkanes) is 1. The average molecular weight is 482 g/mol. The van der Waals surface area contributed by atoms with Crippen molar-refractivity contribution in [3.8, 4) is 0 Å². The smallest absolute Gasteiger partial charge is 0.249 e. The van der Waals surface area contributed by atoms with Crippen LogP contribution in [-0.2, 0) is 14.4 Å². The van der Waals surface area contributed by atoms with Crippen LogP contribution >= 0.6 is 11.8 Å². The number of hydroxylamine groups is 1. The zero-order valence-corrected chi connectivity index (χ0v) is 20.3. The molecular formula is C25H33F2NO4S. The lowest BCUT2D eigenvalue weighted by Gasteiger charge is -2.59. The third-order valence-electron chi connectivity index (χ3n) is 9.58. The lowest BCUT2D eigenvalue weighted by Crippen LogP contribution is -2.62. The third-order valence-corrected chi connectivity index (χ3v) is 10.6. The van der Waals surface area contributed by atoms with Crippen molar-refractivity contribution in [2.24, 2.45) is 34.5 Å². The first kappa shape index (κ1) is 23.6. The molecule has 0 aromatic rings. The molecular weight excluding hydrogens is 448 g/mol. The Morgan fingerprint density at radius 1 is 1.36 bits per heavy atom. The Labute approximate surface area is 197 Å². The molecule has 0 aromatic heterocycles. The van der Waals surface area contributed by atoms with E-state index in [1.165, 1.54) is 17.8 Å². The molecule has 5 aliphatic rings. The fourth-order valence-electron chi connectivity index (χ4n) is 8.17. The van der Waals surface area contributed by atoms with Gasteiger partial charge in [0, 0.05) is 35.0 Å². The summed E-state index contributed by atoms with van der Waals surface area (Å²) in [5, 5.41) is 11.5. The standard InChI is InChI=1S/C25H33F2NO4S/c1-4-5-8-33-22(31)25-13(12-28-32-25)9-16-14-6-7-15-20(27)21(30)17(26)10-23(15,2)19(14)18(29)11-24(16,25)3/h10,13-14,16,18-19,28-29H,4-9,11-12H2,1-3H3. The van der Waals surface area contributed by atoms with E-state index in [1.807, 2.05) is 0 Å². The molecule has 2 N–H and O–H groups in total. The fourth-order valence-corrected chi connectivity index (χ4v) is 9.44. The second-order valence-electron chi connectivity index (χ2n) is 11.0. The van der Waals surface area contributed by atoms with E-state index in [0.717, 1.165) is 25.0 Å². The van der Waals surface area contributed by atoms with Gasteiger partial charge in [-0.25, -0.2) is 14.3 Å². The van der Waals surface area contributed by atoms with Crippen LogP contribution < -0.4 is 5.48 Å². The number of hydrogen-bond donors (Lipinski definition) is 2. The molecule has 8 atom stereocenters. The summed E-state index contributed by atoms with van der Waals surface area (Å²) in [5.74, 6) is -2.84. The molecule has 1 heterocycles. The van der Waals surface area contributed by atoms with Crippen molar-refractivity contribution >= 4 is 22.7 Å². The number of halogens is 2. The van der Waals surface area contributed by atoms with E-state index in [4.69, 9.17) is 4.84 Å². The first-order valence-electron chi connectivity index (χ1n) is 12.2. The molecule has 0 bridgehead atoms. The van der Waals surface area contributed by atoms with Crippen LogP contribution in [0.25, 0.3) is 0 Å². The number of allylic oxidation sites excluding steroid dienone is 4. The van der Waals surface area contributed by atoms with E-state index in [9.17, 15) is 23.5 Å². The summed E-state index contributed by atoms with van der Waals surface area (Å²) in [6.07, 6.45) is 4.40. The van der Waals surface area contributed by atoms with Crippen LogP contribution in [0.2, 0.25) is 0 Å². The Bertz CT molecular complexity index is 953. The Balaban J connectivity index is 1.53. The van der Waals surface area contributed by atoms with Gasteiger partial charge >= 0.3 is 0 Å². The first-order chi connectivity index (χ1) is 15.6. The van der Waals surface area contributed by atoms with Gasteiger partial charge in [0.2, 0.25) is 10.9 Å². The minimum atomic E-state index is -1.18. The molecule has 0 aromatic carbocycles. The molecule has 3 saturated carbocycles. The summed E-state index contributed by atoms with van der Waals surface area (Å²) in [7, 11) is 0. The second kappa shape index (κ2) is 7.97. The summed E-state index contributed by atoms with van der Waals surface area (Å²) in [4.78, 5) is 31.7. The molecule has 0 spiro atoms. The zero-order chi connectivity index (χ0) is 23.8. The number of aliphatic hydroxyl groups excluding tert-OH is 1. The Hall–Kier alpha value is -1.09. The summed E-state index contributed by atoms with van der Waals surface area (Å²) in [6.45, 7) is 6.50. The SMILES string of the molecule is CCCCSC(=O)C12ONCC1CC1C3CCC4=C(F)C(=O)C(F)=CC4(C)C3C(O)CC12C. The van der Waals surface area contributed by atoms with E-state index < -0.39 is 45.9 Å². The van der Waals surface area contributed by atoms with Crippen LogP contribution in [0.5, 0.6) is 0 Å². The number of carbonyl (C=O) groups excluding carboxylic acids is 2. The third kappa shape index (κ3) is 2.99. The number of fused-ring (bicyclic) bond motifs is 7. The molecule has 182 valence electrons. The van der Waals surface area contributed by atoms with Crippen LogP contribution in [0.4, 0.5) is 8.78 Å². The quantitative estimate of drug-likeness (QED) is 0.579. The van der Waals surface area contributed by atoms with E-state index in [0.29, 0.717) is 31.4 Å². The summed E-state index contributed by atoms with van der Waals surface area (Å²) >= 11 is 1.33. The number of rotatable bonds is 4. The average Bonchev–Trinajstić information content (AvgIpc) is 3.29. The van der Waals surface area contributed by atoms with Gasteiger partial charge in [0.05, 0.1) is 6.10 Å². The van der Waals surface area contributed by atoms with Crippen molar-refractivity contribution in [2.45, 2.75) is 71.0 Å². The van der Waals surface area contributed by atoms with Crippen LogP contribution in [0.3, 0.4) is 0 Å². The number of nitrogens with one attached hydrogen (secondary N) is 1. The Morgan fingerprint density at radius 2 is 2.12 bits per heavy atom. The van der Waals surface area contributed by atoms with Gasteiger partial charge < -0.3 is 5.11 Å². The number of hydrogen-bond acceptors (Lipinski definition) is 6. The Morgan fingerprint density at radius 3 is 2.85 bits per heavy atom. The van der Waals surface area contributed by atoms with Gasteiger partial charge in [0.1, 0.15) is 0 Å². The van der Waals surface area contributed by atoms with E-state index in [2.05, 4.69) is 19.3 Å². The highest BCUT2D eigenvalue weighted by molar-refractivity contribution is 8.13. The monoisotopic (exact) mass is 481 g/mol. The largest absolute Gasteiger partial charge is 0.393 e. The molecule has 4 fully saturated rings. The highest BCUT2D eigenvalue weighted by Gasteiger charge is 2.74. The lowest BCUT2D eigenvalue weighted by molar-refractivity contribution is -0.191. The molecule has 5 rings (SSSR count). The summed E-state index contributed by atoms with van der Waals surface area (Å²) in [6, 6.07) is 0. The molecule has 0 amide bonds. The Kier molecular flexibility index (Phi) is 5.71. The van der Waals surface area contributed by atoms with Gasteiger partial charge in [-0.05, 0) is 55.6 Å². The van der Waals surface area contributed by atoms with Crippen LogP contribution in [0, 0.1) is 34.5 Å². The van der Waals surface area contributed by atoms with Crippen molar-refractivity contribution in [3.05, 3.63) is 23.3 Å². The zero-order valence-electron chi connectivity index (χ0n) is 19.5. The highest BCUT2D eigenvalue weighted by atomic mass is 32.2. The topological polar surface area (TPSA) is 75.6 Å². The van der Waals surface area contributed by atoms with Crippen molar-refractivity contribution in [1.29, 1.82) is 0 Å². The van der Waals surface area contributed by atoms with E-state index in [-0.39, 0.29) is 22.9 Å². The van der Waals surface area contributed by atoms with Gasteiger partial charge in [-0.3, -0.25) is 14.4 Å². The van der Waals surface area contributed by atoms with E-state index >= 15 is 0 Å². The number of Topliss-reactive ketones (excluding diaryl/α,β-unsaturated/α-hetero) is 1. The first-order valence-corrected chi connectivity index (χ1v) is 13.2. The minimum Gasteiger partial charge on any atom is -0.393 e. The van der Waals surface area contributed by atoms with Gasteiger partial charge in [-0.1, -0.05) is 39.0 Å². The fraction of sp³-hybridized carbons (Fsp3) is 0.760. The van der Waals surface area contributed by atoms with Crippen molar-refractivity contribution < 1.29 is 28.3 Å². The number of ketones is 1. The van der Waals surface area contributed by atoms with Gasteiger partial charge in [0.25, 0.3) is 0 Å². The molecule has 4 aliphatic carbocycles. The van der Waals surface area contributed by atoms with Gasteiger partial charge in [0.15, 0.2) is 17.3 Å². The van der Waals surface area contributed by atoms with Crippen molar-refractivity contribution in [1.82, 2.24) is 5.48 Å². The van der Waals surface area contributed by atoms with Gasteiger partial charge in [-0.15, -0.1) is 0 Å². The highest BCUT2D eigenvalue weighted by Crippen LogP contribution is 2.70. The molecule has 0 radical (unpaired) electrons. The minimum absolute atomic E-state index is 0.00164. The summed E-state index contributed by atoms with van der Waals surface area (Å²) < 4.78 is 29.3. The normalized spacial score (nSPS) is 46.4. The maximum Gasteiger partial charge on any atom is 0.249 e. The molecule has 8 unspecified atom stereocenters. The summed E-state index contributed by atoms with van der Waals surface area (Å²) in [5.41, 5.74) is 0.661. The predicted octanol–water partition coefficient (Wildman–Crippen LogP) is 4.42. The number of aliphatic hydroxyl groups is 1. The second-order valence-corrected chi connectivity index (χ2v) is 12.1. The molecule has 33 heavy (non-hydrogen) atoms. The van der Waals surface area contributed by atoms with Crippen molar-refractivity contribution in [3.63, 3.8) is 0 Å². The van der Waals surface area contributed by atoms with E-state index in [1.54, 1.807) is 6.92 Å². The predicted molar refractivity (Wildman–Crippen MR) is 121 cm³/mol. The maximum atomic E-state index is 14.8. The van der Waals surface area contributed by atoms with Crippen LogP contribution in [0.15, 0.2) is 23.3 Å². The molecule has 8 heteroatoms. The molecule has 5 nitrogen and oxygen atoms in total. The van der Waals surface area contributed by atoms with Crippen molar-refractivity contribution in [2.75, 3.05) is 12.3 Å². The lowest BCUT2D eigenvalue weighted by atomic mass is 9.46. The molecule has 1 saturated heterocycles. The van der Waals surface area contributed by atoms with Crippen LogP contribution in [-0.4, -0.2) is 40.0 Å². The number of carbonyl (C=O) groups is 2. The maximum absolute atomic E-state index is 14.8.